The lowest BCUT2D eigenvalue weighted by Crippen LogP contribution is -2.15. The third-order valence-corrected chi connectivity index (χ3v) is 4.05. The number of nitrogens with zero attached hydrogens (tertiary/aromatic N) is 2. The Morgan fingerprint density at radius 1 is 1.08 bits per heavy atom. The smallest absolute Gasteiger partial charge is 0.293 e. The standard InChI is InChI=1S/C19H21N3O2/c1-10(2)16-11(3)21-15-9-7-6-8-14(15)17(16)22-19(23)18-12(4)20-13(5)24-18/h6-10H,1-5H3,(H,21,22,23). The van der Waals surface area contributed by atoms with Crippen molar-refractivity contribution in [3.05, 3.63) is 52.9 Å². The molecule has 0 saturated heterocycles. The number of rotatable bonds is 3. The fraction of sp³-hybridized carbons (Fsp3) is 0.316. The Kier molecular flexibility index (Phi) is 4.09. The van der Waals surface area contributed by atoms with Gasteiger partial charge in [0.25, 0.3) is 5.91 Å². The Morgan fingerprint density at radius 3 is 2.42 bits per heavy atom. The summed E-state index contributed by atoms with van der Waals surface area (Å²) in [4.78, 5) is 21.6. The Hall–Kier alpha value is -2.69. The molecule has 2 heterocycles. The minimum Gasteiger partial charge on any atom is -0.436 e. The number of fused-ring (bicyclic) bond motifs is 1. The van der Waals surface area contributed by atoms with E-state index in [4.69, 9.17) is 4.42 Å². The van der Waals surface area contributed by atoms with E-state index in [1.54, 1.807) is 13.8 Å². The molecule has 0 unspecified atom stereocenters. The predicted molar refractivity (Wildman–Crippen MR) is 94.5 cm³/mol. The second-order valence-electron chi connectivity index (χ2n) is 6.26. The highest BCUT2D eigenvalue weighted by atomic mass is 16.4. The van der Waals surface area contributed by atoms with Gasteiger partial charge in [-0.25, -0.2) is 4.98 Å². The number of carbonyl (C=O) groups excluding carboxylic acids is 1. The van der Waals surface area contributed by atoms with Gasteiger partial charge in [0.15, 0.2) is 5.89 Å². The van der Waals surface area contributed by atoms with Gasteiger partial charge in [0.05, 0.1) is 16.9 Å². The predicted octanol–water partition coefficient (Wildman–Crippen LogP) is 4.52. The van der Waals surface area contributed by atoms with Crippen LogP contribution in [0.2, 0.25) is 0 Å². The summed E-state index contributed by atoms with van der Waals surface area (Å²) in [6.07, 6.45) is 0. The molecule has 0 aliphatic carbocycles. The second kappa shape index (κ2) is 6.07. The number of benzene rings is 1. The number of nitrogens with one attached hydrogen (secondary N) is 1. The fourth-order valence-corrected chi connectivity index (χ4v) is 3.10. The van der Waals surface area contributed by atoms with Crippen molar-refractivity contribution < 1.29 is 9.21 Å². The van der Waals surface area contributed by atoms with Gasteiger partial charge in [-0.15, -0.1) is 0 Å². The van der Waals surface area contributed by atoms with Crippen LogP contribution in [0.5, 0.6) is 0 Å². The SMILES string of the molecule is Cc1nc(C)c(C(=O)Nc2c(C(C)C)c(C)nc3ccccc23)o1. The first-order valence-electron chi connectivity index (χ1n) is 8.03. The van der Waals surface area contributed by atoms with E-state index < -0.39 is 0 Å². The molecule has 1 aromatic carbocycles. The van der Waals surface area contributed by atoms with Crippen molar-refractivity contribution >= 4 is 22.5 Å². The van der Waals surface area contributed by atoms with Gasteiger partial charge >= 0.3 is 0 Å². The van der Waals surface area contributed by atoms with Gasteiger partial charge in [0, 0.05) is 23.6 Å². The van der Waals surface area contributed by atoms with Gasteiger partial charge in [-0.3, -0.25) is 9.78 Å². The highest BCUT2D eigenvalue weighted by Crippen LogP contribution is 2.34. The maximum atomic E-state index is 12.7. The highest BCUT2D eigenvalue weighted by Gasteiger charge is 2.21. The molecule has 0 saturated carbocycles. The minimum atomic E-state index is -0.286. The topological polar surface area (TPSA) is 68.0 Å². The molecule has 0 radical (unpaired) electrons. The Balaban J connectivity index is 2.15. The minimum absolute atomic E-state index is 0.231. The van der Waals surface area contributed by atoms with Crippen molar-refractivity contribution in [2.75, 3.05) is 5.32 Å². The van der Waals surface area contributed by atoms with Crippen molar-refractivity contribution in [1.29, 1.82) is 0 Å². The molecule has 24 heavy (non-hydrogen) atoms. The van der Waals surface area contributed by atoms with Crippen LogP contribution in [0.15, 0.2) is 28.7 Å². The first-order chi connectivity index (χ1) is 11.4. The number of carbonyl (C=O) groups is 1. The summed E-state index contributed by atoms with van der Waals surface area (Å²) in [6, 6.07) is 7.82. The number of aryl methyl sites for hydroxylation is 3. The average molecular weight is 323 g/mol. The number of hydrogen-bond acceptors (Lipinski definition) is 4. The van der Waals surface area contributed by atoms with Crippen molar-refractivity contribution in [2.24, 2.45) is 0 Å². The van der Waals surface area contributed by atoms with Crippen LogP contribution in [0.3, 0.4) is 0 Å². The van der Waals surface area contributed by atoms with E-state index in [9.17, 15) is 4.79 Å². The van der Waals surface area contributed by atoms with Crippen LogP contribution < -0.4 is 5.32 Å². The first kappa shape index (κ1) is 16.2. The summed E-state index contributed by atoms with van der Waals surface area (Å²) in [7, 11) is 0. The largest absolute Gasteiger partial charge is 0.436 e. The Labute approximate surface area is 141 Å². The number of hydrogen-bond donors (Lipinski definition) is 1. The lowest BCUT2D eigenvalue weighted by Gasteiger charge is -2.18. The molecule has 5 nitrogen and oxygen atoms in total. The summed E-state index contributed by atoms with van der Waals surface area (Å²) < 4.78 is 5.45. The van der Waals surface area contributed by atoms with Crippen LogP contribution >= 0.6 is 0 Å². The molecule has 1 amide bonds. The average Bonchev–Trinajstić information content (AvgIpc) is 2.85. The zero-order valence-electron chi connectivity index (χ0n) is 14.6. The molecule has 0 aliphatic rings. The van der Waals surface area contributed by atoms with E-state index >= 15 is 0 Å². The monoisotopic (exact) mass is 323 g/mol. The molecule has 3 rings (SSSR count). The van der Waals surface area contributed by atoms with Gasteiger partial charge in [0.2, 0.25) is 5.76 Å². The normalized spacial score (nSPS) is 11.2. The highest BCUT2D eigenvalue weighted by molar-refractivity contribution is 6.08. The molecule has 5 heteroatoms. The Morgan fingerprint density at radius 2 is 1.79 bits per heavy atom. The maximum Gasteiger partial charge on any atom is 0.293 e. The number of para-hydroxylation sites is 1. The number of oxazole rings is 1. The molecule has 0 atom stereocenters. The molecule has 0 fully saturated rings. The van der Waals surface area contributed by atoms with Crippen molar-refractivity contribution in [3.8, 4) is 0 Å². The molecule has 0 bridgehead atoms. The Bertz CT molecular complexity index is 926. The first-order valence-corrected chi connectivity index (χ1v) is 8.03. The molecular formula is C19H21N3O2. The number of anilines is 1. The van der Waals surface area contributed by atoms with Gasteiger partial charge in [-0.1, -0.05) is 32.0 Å². The molecule has 3 aromatic rings. The van der Waals surface area contributed by atoms with Crippen LogP contribution in [0, 0.1) is 20.8 Å². The van der Waals surface area contributed by atoms with Gasteiger partial charge in [-0.05, 0) is 25.8 Å². The summed E-state index contributed by atoms with van der Waals surface area (Å²) in [5.74, 6) is 0.680. The van der Waals surface area contributed by atoms with E-state index in [2.05, 4.69) is 29.1 Å². The lowest BCUT2D eigenvalue weighted by atomic mass is 9.96. The van der Waals surface area contributed by atoms with Gasteiger partial charge < -0.3 is 9.73 Å². The molecular weight excluding hydrogens is 302 g/mol. The van der Waals surface area contributed by atoms with E-state index in [0.717, 1.165) is 27.8 Å². The second-order valence-corrected chi connectivity index (χ2v) is 6.26. The zero-order valence-corrected chi connectivity index (χ0v) is 14.6. The van der Waals surface area contributed by atoms with Crippen molar-refractivity contribution in [3.63, 3.8) is 0 Å². The van der Waals surface area contributed by atoms with Crippen molar-refractivity contribution in [1.82, 2.24) is 9.97 Å². The maximum absolute atomic E-state index is 12.7. The third kappa shape index (κ3) is 2.77. The third-order valence-electron chi connectivity index (χ3n) is 4.05. The van der Waals surface area contributed by atoms with E-state index in [1.165, 1.54) is 0 Å². The summed E-state index contributed by atoms with van der Waals surface area (Å²) in [5.41, 5.74) is 4.21. The van der Waals surface area contributed by atoms with Crippen LogP contribution in [-0.4, -0.2) is 15.9 Å². The molecule has 2 aromatic heterocycles. The molecule has 0 aliphatic heterocycles. The lowest BCUT2D eigenvalue weighted by molar-refractivity contribution is 0.0994. The number of aromatic nitrogens is 2. The van der Waals surface area contributed by atoms with Crippen LogP contribution in [0.1, 0.15) is 53.2 Å². The van der Waals surface area contributed by atoms with Crippen LogP contribution in [0.25, 0.3) is 10.9 Å². The quantitative estimate of drug-likeness (QED) is 0.769. The fourth-order valence-electron chi connectivity index (χ4n) is 3.10. The molecule has 1 N–H and O–H groups in total. The number of pyridine rings is 1. The summed E-state index contributed by atoms with van der Waals surface area (Å²) in [5, 5.41) is 3.96. The van der Waals surface area contributed by atoms with Crippen LogP contribution in [0.4, 0.5) is 5.69 Å². The number of amides is 1. The summed E-state index contributed by atoms with van der Waals surface area (Å²) >= 11 is 0. The van der Waals surface area contributed by atoms with Crippen molar-refractivity contribution in [2.45, 2.75) is 40.5 Å². The van der Waals surface area contributed by atoms with E-state index in [-0.39, 0.29) is 17.6 Å². The zero-order chi connectivity index (χ0) is 17.4. The molecule has 124 valence electrons. The summed E-state index contributed by atoms with van der Waals surface area (Å²) in [6.45, 7) is 9.66. The van der Waals surface area contributed by atoms with Gasteiger partial charge in [0.1, 0.15) is 0 Å². The van der Waals surface area contributed by atoms with E-state index in [1.807, 2.05) is 31.2 Å². The molecule has 0 spiro atoms. The van der Waals surface area contributed by atoms with Crippen LogP contribution in [-0.2, 0) is 0 Å². The van der Waals surface area contributed by atoms with E-state index in [0.29, 0.717) is 11.6 Å². The van der Waals surface area contributed by atoms with Gasteiger partial charge in [-0.2, -0.15) is 0 Å².